The summed E-state index contributed by atoms with van der Waals surface area (Å²) >= 11 is 1.54. The molecule has 0 fully saturated rings. The Bertz CT molecular complexity index is 500. The number of thiophene rings is 1. The monoisotopic (exact) mass is 218 g/mol. The molecule has 0 radical (unpaired) electrons. The van der Waals surface area contributed by atoms with Crippen LogP contribution in [-0.4, -0.2) is 0 Å². The van der Waals surface area contributed by atoms with Crippen molar-refractivity contribution in [3.05, 3.63) is 46.4 Å². The minimum atomic E-state index is -0.416. The first kappa shape index (κ1) is 9.69. The van der Waals surface area contributed by atoms with Crippen LogP contribution in [-0.2, 0) is 0 Å². The predicted molar refractivity (Wildman–Crippen MR) is 58.7 cm³/mol. The van der Waals surface area contributed by atoms with Crippen LogP contribution in [0.3, 0.4) is 0 Å². The normalized spacial score (nSPS) is 9.60. The molecule has 74 valence electrons. The fourth-order valence-electron chi connectivity index (χ4n) is 1.18. The molecule has 0 spiro atoms. The summed E-state index contributed by atoms with van der Waals surface area (Å²) in [7, 11) is 0. The Morgan fingerprint density at radius 1 is 1.33 bits per heavy atom. The lowest BCUT2D eigenvalue weighted by molar-refractivity contribution is 0.631. The molecule has 1 aromatic carbocycles. The van der Waals surface area contributed by atoms with Gasteiger partial charge in [0.1, 0.15) is 5.82 Å². The van der Waals surface area contributed by atoms with Crippen molar-refractivity contribution in [3.8, 4) is 6.07 Å². The van der Waals surface area contributed by atoms with Gasteiger partial charge in [-0.2, -0.15) is 16.6 Å². The van der Waals surface area contributed by atoms with Crippen LogP contribution in [0, 0.1) is 17.1 Å². The second-order valence-corrected chi connectivity index (χ2v) is 3.72. The van der Waals surface area contributed by atoms with E-state index in [0.717, 1.165) is 5.69 Å². The molecule has 0 bridgehead atoms. The number of hydrogen-bond acceptors (Lipinski definition) is 3. The number of hydrogen-bond donors (Lipinski definition) is 1. The summed E-state index contributed by atoms with van der Waals surface area (Å²) in [6.07, 6.45) is 0. The van der Waals surface area contributed by atoms with Crippen molar-refractivity contribution in [2.24, 2.45) is 0 Å². The Kier molecular flexibility index (Phi) is 2.66. The molecule has 2 aromatic rings. The molecule has 0 saturated carbocycles. The first-order chi connectivity index (χ1) is 7.29. The molecule has 0 amide bonds. The summed E-state index contributed by atoms with van der Waals surface area (Å²) in [6.45, 7) is 0. The van der Waals surface area contributed by atoms with E-state index in [1.807, 2.05) is 22.9 Å². The molecule has 0 aliphatic carbocycles. The van der Waals surface area contributed by atoms with Crippen LogP contribution in [0.4, 0.5) is 15.8 Å². The summed E-state index contributed by atoms with van der Waals surface area (Å²) in [5.74, 6) is -0.416. The lowest BCUT2D eigenvalue weighted by Gasteiger charge is -2.04. The quantitative estimate of drug-likeness (QED) is 0.837. The Morgan fingerprint density at radius 3 is 2.80 bits per heavy atom. The van der Waals surface area contributed by atoms with Crippen LogP contribution in [0.1, 0.15) is 5.56 Å². The summed E-state index contributed by atoms with van der Waals surface area (Å²) in [6, 6.07) is 8.11. The van der Waals surface area contributed by atoms with Crippen LogP contribution in [0.2, 0.25) is 0 Å². The number of anilines is 2. The van der Waals surface area contributed by atoms with Gasteiger partial charge in [0.05, 0.1) is 17.3 Å². The lowest BCUT2D eigenvalue weighted by Crippen LogP contribution is -1.92. The van der Waals surface area contributed by atoms with Crippen LogP contribution in [0.25, 0.3) is 0 Å². The Morgan fingerprint density at radius 2 is 2.20 bits per heavy atom. The molecule has 15 heavy (non-hydrogen) atoms. The van der Waals surface area contributed by atoms with Gasteiger partial charge in [-0.3, -0.25) is 0 Å². The SMILES string of the molecule is N#Cc1ccc(Nc2ccsc2)c(F)c1. The van der Waals surface area contributed by atoms with Crippen LogP contribution >= 0.6 is 11.3 Å². The molecule has 0 aliphatic heterocycles. The number of nitriles is 1. The molecule has 0 atom stereocenters. The number of halogens is 1. The summed E-state index contributed by atoms with van der Waals surface area (Å²) < 4.78 is 13.4. The molecule has 0 unspecified atom stereocenters. The molecule has 1 heterocycles. The van der Waals surface area contributed by atoms with Gasteiger partial charge in [-0.1, -0.05) is 0 Å². The van der Waals surface area contributed by atoms with Gasteiger partial charge in [0.15, 0.2) is 0 Å². The zero-order valence-electron chi connectivity index (χ0n) is 7.70. The van der Waals surface area contributed by atoms with Crippen molar-refractivity contribution < 1.29 is 4.39 Å². The van der Waals surface area contributed by atoms with E-state index in [9.17, 15) is 4.39 Å². The van der Waals surface area contributed by atoms with E-state index in [4.69, 9.17) is 5.26 Å². The highest BCUT2D eigenvalue weighted by Gasteiger charge is 2.03. The molecular weight excluding hydrogens is 211 g/mol. The van der Waals surface area contributed by atoms with Crippen LogP contribution in [0.15, 0.2) is 35.0 Å². The highest BCUT2D eigenvalue weighted by Crippen LogP contribution is 2.22. The number of benzene rings is 1. The topological polar surface area (TPSA) is 35.8 Å². The average molecular weight is 218 g/mol. The fourth-order valence-corrected chi connectivity index (χ4v) is 1.76. The van der Waals surface area contributed by atoms with Crippen molar-refractivity contribution in [2.75, 3.05) is 5.32 Å². The van der Waals surface area contributed by atoms with Crippen LogP contribution < -0.4 is 5.32 Å². The van der Waals surface area contributed by atoms with Gasteiger partial charge in [-0.15, -0.1) is 0 Å². The molecule has 0 saturated heterocycles. The highest BCUT2D eigenvalue weighted by molar-refractivity contribution is 7.08. The van der Waals surface area contributed by atoms with E-state index >= 15 is 0 Å². The molecular formula is C11H7FN2S. The van der Waals surface area contributed by atoms with Crippen molar-refractivity contribution in [1.82, 2.24) is 0 Å². The molecule has 2 rings (SSSR count). The molecule has 1 aromatic heterocycles. The van der Waals surface area contributed by atoms with Crippen molar-refractivity contribution >= 4 is 22.7 Å². The van der Waals surface area contributed by atoms with Crippen molar-refractivity contribution in [3.63, 3.8) is 0 Å². The first-order valence-electron chi connectivity index (χ1n) is 4.28. The molecule has 1 N–H and O–H groups in total. The van der Waals surface area contributed by atoms with Gasteiger partial charge in [0, 0.05) is 11.1 Å². The Labute approximate surface area is 90.6 Å². The third-order valence-electron chi connectivity index (χ3n) is 1.90. The molecule has 2 nitrogen and oxygen atoms in total. The van der Waals surface area contributed by atoms with Gasteiger partial charge < -0.3 is 5.32 Å². The number of nitrogens with one attached hydrogen (secondary N) is 1. The summed E-state index contributed by atoms with van der Waals surface area (Å²) in [5, 5.41) is 15.3. The molecule has 4 heteroatoms. The third-order valence-corrected chi connectivity index (χ3v) is 2.58. The maximum atomic E-state index is 13.4. The van der Waals surface area contributed by atoms with Gasteiger partial charge in [0.25, 0.3) is 0 Å². The van der Waals surface area contributed by atoms with Gasteiger partial charge in [0.2, 0.25) is 0 Å². The number of nitrogens with zero attached hydrogens (tertiary/aromatic N) is 1. The van der Waals surface area contributed by atoms with Crippen molar-refractivity contribution in [1.29, 1.82) is 5.26 Å². The minimum absolute atomic E-state index is 0.323. The average Bonchev–Trinajstić information content (AvgIpc) is 2.74. The maximum absolute atomic E-state index is 13.4. The fraction of sp³-hybridized carbons (Fsp3) is 0. The van der Waals surface area contributed by atoms with E-state index in [-0.39, 0.29) is 0 Å². The first-order valence-corrected chi connectivity index (χ1v) is 5.23. The van der Waals surface area contributed by atoms with E-state index in [1.165, 1.54) is 17.4 Å². The smallest absolute Gasteiger partial charge is 0.147 e. The molecule has 0 aliphatic rings. The van der Waals surface area contributed by atoms with E-state index in [2.05, 4.69) is 5.32 Å². The second kappa shape index (κ2) is 4.11. The van der Waals surface area contributed by atoms with Crippen LogP contribution in [0.5, 0.6) is 0 Å². The standard InChI is InChI=1S/C11H7FN2S/c12-10-5-8(6-13)1-2-11(10)14-9-3-4-15-7-9/h1-5,7,14H. The summed E-state index contributed by atoms with van der Waals surface area (Å²) in [4.78, 5) is 0. The van der Waals surface area contributed by atoms with E-state index < -0.39 is 5.82 Å². The number of rotatable bonds is 2. The van der Waals surface area contributed by atoms with Gasteiger partial charge in [-0.25, -0.2) is 4.39 Å². The minimum Gasteiger partial charge on any atom is -0.352 e. The zero-order valence-corrected chi connectivity index (χ0v) is 8.51. The maximum Gasteiger partial charge on any atom is 0.147 e. The predicted octanol–water partition coefficient (Wildman–Crippen LogP) is 3.50. The van der Waals surface area contributed by atoms with E-state index in [1.54, 1.807) is 12.1 Å². The van der Waals surface area contributed by atoms with E-state index in [0.29, 0.717) is 11.3 Å². The third kappa shape index (κ3) is 2.14. The lowest BCUT2D eigenvalue weighted by atomic mass is 10.2. The Balaban J connectivity index is 2.27. The summed E-state index contributed by atoms with van der Waals surface area (Å²) in [5.41, 5.74) is 1.55. The second-order valence-electron chi connectivity index (χ2n) is 2.94. The van der Waals surface area contributed by atoms with Gasteiger partial charge in [-0.05, 0) is 29.6 Å². The highest BCUT2D eigenvalue weighted by atomic mass is 32.1. The van der Waals surface area contributed by atoms with Crippen molar-refractivity contribution in [2.45, 2.75) is 0 Å². The zero-order chi connectivity index (χ0) is 10.7. The Hall–Kier alpha value is -1.86. The van der Waals surface area contributed by atoms with Gasteiger partial charge >= 0.3 is 0 Å². The largest absolute Gasteiger partial charge is 0.352 e.